The van der Waals surface area contributed by atoms with Gasteiger partial charge in [0.25, 0.3) is 0 Å². The Labute approximate surface area is 130 Å². The predicted octanol–water partition coefficient (Wildman–Crippen LogP) is 2.40. The Hall–Kier alpha value is -1.59. The summed E-state index contributed by atoms with van der Waals surface area (Å²) in [5.41, 5.74) is 1.05. The van der Waals surface area contributed by atoms with Crippen molar-refractivity contribution in [2.75, 3.05) is 13.6 Å². The Morgan fingerprint density at radius 2 is 1.90 bits per heavy atom. The maximum absolute atomic E-state index is 11.7. The first-order valence-corrected chi connectivity index (χ1v) is 7.31. The summed E-state index contributed by atoms with van der Waals surface area (Å²) in [6.07, 6.45) is 0.818. The summed E-state index contributed by atoms with van der Waals surface area (Å²) < 4.78 is 0. The van der Waals surface area contributed by atoms with Crippen molar-refractivity contribution in [3.05, 3.63) is 34.9 Å². The van der Waals surface area contributed by atoms with Gasteiger partial charge in [-0.15, -0.1) is 0 Å². The number of urea groups is 1. The molecule has 116 valence electrons. The van der Waals surface area contributed by atoms with Crippen LogP contribution in [-0.2, 0) is 11.3 Å². The third-order valence-electron chi connectivity index (χ3n) is 3.02. The van der Waals surface area contributed by atoms with Crippen molar-refractivity contribution in [1.82, 2.24) is 15.5 Å². The van der Waals surface area contributed by atoms with E-state index in [1.165, 1.54) is 0 Å². The van der Waals surface area contributed by atoms with Crippen LogP contribution in [0.5, 0.6) is 0 Å². The van der Waals surface area contributed by atoms with E-state index in [1.807, 2.05) is 50.1 Å². The van der Waals surface area contributed by atoms with Gasteiger partial charge in [0, 0.05) is 17.6 Å². The summed E-state index contributed by atoms with van der Waals surface area (Å²) in [5, 5.41) is 5.69. The molecular formula is C15H22ClN3O2. The van der Waals surface area contributed by atoms with Crippen LogP contribution in [0.2, 0.25) is 5.02 Å². The van der Waals surface area contributed by atoms with Crippen LogP contribution >= 0.6 is 11.6 Å². The maximum atomic E-state index is 11.7. The second kappa shape index (κ2) is 8.64. The molecular weight excluding hydrogens is 290 g/mol. The number of nitrogens with one attached hydrogen (secondary N) is 2. The van der Waals surface area contributed by atoms with Crippen LogP contribution in [0, 0.1) is 0 Å². The number of amides is 3. The molecule has 0 unspecified atom stereocenters. The third-order valence-corrected chi connectivity index (χ3v) is 3.27. The number of benzene rings is 1. The minimum absolute atomic E-state index is 0.0459. The molecule has 0 saturated heterocycles. The molecule has 6 heteroatoms. The fourth-order valence-corrected chi connectivity index (χ4v) is 1.86. The summed E-state index contributed by atoms with van der Waals surface area (Å²) in [7, 11) is 1.82. The number of hydrogen-bond acceptors (Lipinski definition) is 3. The predicted molar refractivity (Wildman–Crippen MR) is 84.2 cm³/mol. The van der Waals surface area contributed by atoms with E-state index in [2.05, 4.69) is 10.6 Å². The Balaban J connectivity index is 2.36. The molecule has 1 aromatic rings. The highest BCUT2D eigenvalue weighted by Gasteiger charge is 2.12. The molecule has 0 aliphatic rings. The van der Waals surface area contributed by atoms with Gasteiger partial charge in [0.15, 0.2) is 0 Å². The first-order chi connectivity index (χ1) is 9.90. The van der Waals surface area contributed by atoms with Crippen molar-refractivity contribution in [3.8, 4) is 0 Å². The first kappa shape index (κ1) is 17.5. The van der Waals surface area contributed by atoms with Crippen molar-refractivity contribution in [3.63, 3.8) is 0 Å². The van der Waals surface area contributed by atoms with E-state index in [-0.39, 0.29) is 18.5 Å². The quantitative estimate of drug-likeness (QED) is 0.848. The number of hydrogen-bond donors (Lipinski definition) is 2. The molecule has 0 spiro atoms. The monoisotopic (exact) mass is 311 g/mol. The third kappa shape index (κ3) is 7.11. The standard InChI is InChI=1S/C15H22ClN3O2/c1-4-11(2)17-15(21)18-14(20)10-19(3)9-12-5-7-13(16)8-6-12/h5-8,11H,4,9-10H2,1-3H3,(H2,17,18,20,21)/t11-/m1/s1. The fraction of sp³-hybridized carbons (Fsp3) is 0.467. The summed E-state index contributed by atoms with van der Waals surface area (Å²) in [5.74, 6) is -0.327. The van der Waals surface area contributed by atoms with Gasteiger partial charge in [-0.25, -0.2) is 4.79 Å². The molecule has 0 aliphatic heterocycles. The number of imide groups is 1. The zero-order valence-electron chi connectivity index (χ0n) is 12.6. The second-order valence-electron chi connectivity index (χ2n) is 5.13. The summed E-state index contributed by atoms with van der Waals surface area (Å²) >= 11 is 5.82. The van der Waals surface area contributed by atoms with E-state index in [0.717, 1.165) is 12.0 Å². The number of halogens is 1. The van der Waals surface area contributed by atoms with Gasteiger partial charge in [0.05, 0.1) is 6.54 Å². The number of rotatable bonds is 6. The summed E-state index contributed by atoms with van der Waals surface area (Å²) in [6, 6.07) is 7.03. The maximum Gasteiger partial charge on any atom is 0.321 e. The van der Waals surface area contributed by atoms with Gasteiger partial charge >= 0.3 is 6.03 Å². The van der Waals surface area contributed by atoms with E-state index in [1.54, 1.807) is 0 Å². The zero-order chi connectivity index (χ0) is 15.8. The molecule has 0 aromatic heterocycles. The SMILES string of the molecule is CC[C@@H](C)NC(=O)NC(=O)CN(C)Cc1ccc(Cl)cc1. The van der Waals surface area contributed by atoms with Crippen molar-refractivity contribution in [2.24, 2.45) is 0 Å². The summed E-state index contributed by atoms with van der Waals surface area (Å²) in [4.78, 5) is 25.1. The lowest BCUT2D eigenvalue weighted by molar-refractivity contribution is -0.120. The molecule has 3 amide bonds. The van der Waals surface area contributed by atoms with Gasteiger partial charge in [-0.1, -0.05) is 30.7 Å². The molecule has 0 saturated carbocycles. The van der Waals surface area contributed by atoms with Crippen molar-refractivity contribution >= 4 is 23.5 Å². The average Bonchev–Trinajstić information content (AvgIpc) is 2.40. The van der Waals surface area contributed by atoms with Gasteiger partial charge in [-0.3, -0.25) is 15.0 Å². The number of nitrogens with zero attached hydrogens (tertiary/aromatic N) is 1. The Bertz CT molecular complexity index is 476. The second-order valence-corrected chi connectivity index (χ2v) is 5.57. The van der Waals surface area contributed by atoms with Crippen LogP contribution in [-0.4, -0.2) is 36.5 Å². The van der Waals surface area contributed by atoms with Crippen molar-refractivity contribution < 1.29 is 9.59 Å². The molecule has 2 N–H and O–H groups in total. The largest absolute Gasteiger partial charge is 0.335 e. The van der Waals surface area contributed by atoms with Crippen LogP contribution in [0.1, 0.15) is 25.8 Å². The Kier molecular flexibility index (Phi) is 7.19. The average molecular weight is 312 g/mol. The van der Waals surface area contributed by atoms with Crippen LogP contribution in [0.4, 0.5) is 4.79 Å². The minimum Gasteiger partial charge on any atom is -0.335 e. The molecule has 5 nitrogen and oxygen atoms in total. The number of carbonyl (C=O) groups excluding carboxylic acids is 2. The number of likely N-dealkylation sites (N-methyl/N-ethyl adjacent to an activating group) is 1. The van der Waals surface area contributed by atoms with Crippen LogP contribution < -0.4 is 10.6 Å². The van der Waals surface area contributed by atoms with Crippen LogP contribution in [0.25, 0.3) is 0 Å². The van der Waals surface area contributed by atoms with Crippen molar-refractivity contribution in [1.29, 1.82) is 0 Å². The first-order valence-electron chi connectivity index (χ1n) is 6.94. The molecule has 0 radical (unpaired) electrons. The normalized spacial score (nSPS) is 12.0. The number of carbonyl (C=O) groups is 2. The van der Waals surface area contributed by atoms with E-state index >= 15 is 0 Å². The topological polar surface area (TPSA) is 61.4 Å². The molecule has 21 heavy (non-hydrogen) atoms. The van der Waals surface area contributed by atoms with Crippen LogP contribution in [0.3, 0.4) is 0 Å². The molecule has 0 aliphatic carbocycles. The molecule has 1 rings (SSSR count). The molecule has 0 heterocycles. The minimum atomic E-state index is -0.450. The van der Waals surface area contributed by atoms with E-state index < -0.39 is 6.03 Å². The highest BCUT2D eigenvalue weighted by Crippen LogP contribution is 2.10. The highest BCUT2D eigenvalue weighted by atomic mass is 35.5. The summed E-state index contributed by atoms with van der Waals surface area (Å²) in [6.45, 7) is 4.61. The lowest BCUT2D eigenvalue weighted by Crippen LogP contribution is -2.46. The van der Waals surface area contributed by atoms with Crippen molar-refractivity contribution in [2.45, 2.75) is 32.9 Å². The highest BCUT2D eigenvalue weighted by molar-refractivity contribution is 6.30. The molecule has 0 bridgehead atoms. The smallest absolute Gasteiger partial charge is 0.321 e. The Morgan fingerprint density at radius 1 is 1.29 bits per heavy atom. The van der Waals surface area contributed by atoms with E-state index in [4.69, 9.17) is 11.6 Å². The molecule has 1 aromatic carbocycles. The molecule has 1 atom stereocenters. The lowest BCUT2D eigenvalue weighted by atomic mass is 10.2. The van der Waals surface area contributed by atoms with Gasteiger partial charge in [0.2, 0.25) is 5.91 Å². The Morgan fingerprint density at radius 3 is 2.48 bits per heavy atom. The zero-order valence-corrected chi connectivity index (χ0v) is 13.4. The molecule has 0 fully saturated rings. The lowest BCUT2D eigenvalue weighted by Gasteiger charge is -2.17. The van der Waals surface area contributed by atoms with E-state index in [0.29, 0.717) is 11.6 Å². The van der Waals surface area contributed by atoms with E-state index in [9.17, 15) is 9.59 Å². The van der Waals surface area contributed by atoms with Gasteiger partial charge in [0.1, 0.15) is 0 Å². The van der Waals surface area contributed by atoms with Crippen LogP contribution in [0.15, 0.2) is 24.3 Å². The van der Waals surface area contributed by atoms with Gasteiger partial charge < -0.3 is 5.32 Å². The fourth-order valence-electron chi connectivity index (χ4n) is 1.73. The van der Waals surface area contributed by atoms with Gasteiger partial charge in [-0.05, 0) is 38.1 Å². The van der Waals surface area contributed by atoms with Gasteiger partial charge in [-0.2, -0.15) is 0 Å².